The van der Waals surface area contributed by atoms with Crippen LogP contribution in [0.4, 0.5) is 0 Å². The van der Waals surface area contributed by atoms with E-state index in [9.17, 15) is 9.59 Å². The third-order valence-electron chi connectivity index (χ3n) is 2.48. The van der Waals surface area contributed by atoms with Crippen LogP contribution in [0.5, 0.6) is 0 Å². The van der Waals surface area contributed by atoms with E-state index in [1.54, 1.807) is 0 Å². The maximum atomic E-state index is 11.5. The predicted octanol–water partition coefficient (Wildman–Crippen LogP) is 1.51. The molecule has 0 radical (unpaired) electrons. The molecule has 0 saturated heterocycles. The molecular formula is C13H17NO3S. The van der Waals surface area contributed by atoms with Gasteiger partial charge in [-0.15, -0.1) is 0 Å². The quantitative estimate of drug-likeness (QED) is 0.656. The van der Waals surface area contributed by atoms with Crippen LogP contribution in [0.2, 0.25) is 0 Å². The Morgan fingerprint density at radius 2 is 1.94 bits per heavy atom. The van der Waals surface area contributed by atoms with Gasteiger partial charge < -0.3 is 10.4 Å². The summed E-state index contributed by atoms with van der Waals surface area (Å²) >= 11 is 4.01. The molecule has 1 rings (SSSR count). The molecule has 1 amide bonds. The van der Waals surface area contributed by atoms with Crippen LogP contribution in [0.25, 0.3) is 0 Å². The molecule has 1 aromatic carbocycles. The van der Waals surface area contributed by atoms with Gasteiger partial charge in [0.15, 0.2) is 0 Å². The summed E-state index contributed by atoms with van der Waals surface area (Å²) in [7, 11) is 0. The minimum atomic E-state index is -1.02. The molecule has 0 aliphatic carbocycles. The minimum absolute atomic E-state index is 0.243. The fourth-order valence-corrected chi connectivity index (χ4v) is 1.71. The number of hydrogen-bond acceptors (Lipinski definition) is 3. The summed E-state index contributed by atoms with van der Waals surface area (Å²) in [5.74, 6) is -0.644. The number of aliphatic carboxylic acids is 1. The molecule has 1 aromatic rings. The molecule has 98 valence electrons. The zero-order chi connectivity index (χ0) is 13.4. The number of nitrogens with one attached hydrogen (secondary N) is 1. The van der Waals surface area contributed by atoms with Gasteiger partial charge in [0.05, 0.1) is 0 Å². The number of carboxylic acid groups (broad SMARTS) is 1. The molecule has 0 unspecified atom stereocenters. The monoisotopic (exact) mass is 267 g/mol. The smallest absolute Gasteiger partial charge is 0.326 e. The Hall–Kier alpha value is -1.49. The molecule has 1 atom stereocenters. The number of amides is 1. The van der Waals surface area contributed by atoms with Crippen molar-refractivity contribution in [2.24, 2.45) is 0 Å². The molecule has 5 heteroatoms. The van der Waals surface area contributed by atoms with Crippen LogP contribution in [0, 0.1) is 0 Å². The first-order valence-electron chi connectivity index (χ1n) is 5.80. The van der Waals surface area contributed by atoms with Crippen LogP contribution in [0.15, 0.2) is 30.3 Å². The van der Waals surface area contributed by atoms with Gasteiger partial charge >= 0.3 is 5.97 Å². The van der Waals surface area contributed by atoms with Crippen molar-refractivity contribution in [2.45, 2.75) is 25.3 Å². The van der Waals surface area contributed by atoms with Crippen LogP contribution in [-0.2, 0) is 16.0 Å². The van der Waals surface area contributed by atoms with Gasteiger partial charge in [0.25, 0.3) is 0 Å². The molecule has 0 spiro atoms. The van der Waals surface area contributed by atoms with Gasteiger partial charge in [0, 0.05) is 12.8 Å². The van der Waals surface area contributed by atoms with Crippen LogP contribution in [0.3, 0.4) is 0 Å². The lowest BCUT2D eigenvalue weighted by Crippen LogP contribution is -2.42. The highest BCUT2D eigenvalue weighted by atomic mass is 32.1. The fraction of sp³-hybridized carbons (Fsp3) is 0.385. The Kier molecular flexibility index (Phi) is 6.28. The van der Waals surface area contributed by atoms with Crippen molar-refractivity contribution >= 4 is 24.5 Å². The highest BCUT2D eigenvalue weighted by Crippen LogP contribution is 2.04. The predicted molar refractivity (Wildman–Crippen MR) is 72.8 cm³/mol. The Bertz CT molecular complexity index is 394. The van der Waals surface area contributed by atoms with Crippen molar-refractivity contribution < 1.29 is 14.7 Å². The average molecular weight is 267 g/mol. The van der Waals surface area contributed by atoms with E-state index in [0.29, 0.717) is 25.0 Å². The molecule has 0 fully saturated rings. The van der Waals surface area contributed by atoms with Crippen molar-refractivity contribution in [2.75, 3.05) is 5.75 Å². The van der Waals surface area contributed by atoms with E-state index in [-0.39, 0.29) is 5.91 Å². The van der Waals surface area contributed by atoms with Crippen molar-refractivity contribution in [3.05, 3.63) is 35.9 Å². The van der Waals surface area contributed by atoms with Crippen molar-refractivity contribution in [1.29, 1.82) is 0 Å². The lowest BCUT2D eigenvalue weighted by molar-refractivity contribution is -0.141. The lowest BCUT2D eigenvalue weighted by Gasteiger charge is -2.14. The van der Waals surface area contributed by atoms with Crippen molar-refractivity contribution in [3.8, 4) is 0 Å². The molecule has 0 aliphatic rings. The SMILES string of the molecule is O=C(CCCS)N[C@@H](Cc1ccccc1)C(=O)O. The highest BCUT2D eigenvalue weighted by molar-refractivity contribution is 7.80. The van der Waals surface area contributed by atoms with Gasteiger partial charge in [0.1, 0.15) is 6.04 Å². The third kappa shape index (κ3) is 5.23. The van der Waals surface area contributed by atoms with Gasteiger partial charge in [-0.25, -0.2) is 4.79 Å². The van der Waals surface area contributed by atoms with E-state index >= 15 is 0 Å². The van der Waals surface area contributed by atoms with Crippen molar-refractivity contribution in [3.63, 3.8) is 0 Å². The van der Waals surface area contributed by atoms with E-state index in [4.69, 9.17) is 5.11 Å². The summed E-state index contributed by atoms with van der Waals surface area (Å²) in [4.78, 5) is 22.6. The minimum Gasteiger partial charge on any atom is -0.480 e. The van der Waals surface area contributed by atoms with Crippen LogP contribution in [0.1, 0.15) is 18.4 Å². The second kappa shape index (κ2) is 7.76. The topological polar surface area (TPSA) is 66.4 Å². The first-order valence-corrected chi connectivity index (χ1v) is 6.43. The van der Waals surface area contributed by atoms with Gasteiger partial charge in [0.2, 0.25) is 5.91 Å². The summed E-state index contributed by atoms with van der Waals surface area (Å²) in [5.41, 5.74) is 0.888. The van der Waals surface area contributed by atoms with E-state index in [2.05, 4.69) is 17.9 Å². The van der Waals surface area contributed by atoms with Gasteiger partial charge in [-0.1, -0.05) is 30.3 Å². The number of rotatable bonds is 7. The Morgan fingerprint density at radius 1 is 1.28 bits per heavy atom. The first kappa shape index (κ1) is 14.6. The standard InChI is InChI=1S/C13H17NO3S/c15-12(7-4-8-18)14-11(13(16)17)9-10-5-2-1-3-6-10/h1-3,5-6,11,18H,4,7-9H2,(H,14,15)(H,16,17)/t11-/m0/s1. The molecule has 2 N–H and O–H groups in total. The van der Waals surface area contributed by atoms with Crippen LogP contribution >= 0.6 is 12.6 Å². The Labute approximate surface area is 112 Å². The second-order valence-corrected chi connectivity index (χ2v) is 4.42. The number of benzene rings is 1. The maximum Gasteiger partial charge on any atom is 0.326 e. The first-order chi connectivity index (χ1) is 8.63. The largest absolute Gasteiger partial charge is 0.480 e. The van der Waals surface area contributed by atoms with Gasteiger partial charge in [-0.3, -0.25) is 4.79 Å². The van der Waals surface area contributed by atoms with E-state index in [1.807, 2.05) is 30.3 Å². The number of carboxylic acids is 1. The lowest BCUT2D eigenvalue weighted by atomic mass is 10.1. The van der Waals surface area contributed by atoms with E-state index in [1.165, 1.54) is 0 Å². The number of thiol groups is 1. The zero-order valence-corrected chi connectivity index (χ0v) is 10.9. The molecule has 0 heterocycles. The van der Waals surface area contributed by atoms with Gasteiger partial charge in [-0.2, -0.15) is 12.6 Å². The van der Waals surface area contributed by atoms with E-state index < -0.39 is 12.0 Å². The molecule has 0 aromatic heterocycles. The average Bonchev–Trinajstić information content (AvgIpc) is 2.36. The summed E-state index contributed by atoms with van der Waals surface area (Å²) in [6.45, 7) is 0. The van der Waals surface area contributed by atoms with Crippen molar-refractivity contribution in [1.82, 2.24) is 5.32 Å². The van der Waals surface area contributed by atoms with Crippen LogP contribution in [-0.4, -0.2) is 28.8 Å². The zero-order valence-electron chi connectivity index (χ0n) is 10.0. The molecule has 0 saturated carbocycles. The molecule has 0 bridgehead atoms. The summed E-state index contributed by atoms with van der Waals surface area (Å²) < 4.78 is 0. The Balaban J connectivity index is 2.55. The Morgan fingerprint density at radius 3 is 2.50 bits per heavy atom. The van der Waals surface area contributed by atoms with Crippen LogP contribution < -0.4 is 5.32 Å². The number of carbonyl (C=O) groups is 2. The highest BCUT2D eigenvalue weighted by Gasteiger charge is 2.19. The fourth-order valence-electron chi connectivity index (χ4n) is 1.56. The third-order valence-corrected chi connectivity index (χ3v) is 2.79. The summed E-state index contributed by atoms with van der Waals surface area (Å²) in [6, 6.07) is 8.37. The molecule has 0 aliphatic heterocycles. The van der Waals surface area contributed by atoms with Gasteiger partial charge in [-0.05, 0) is 17.7 Å². The second-order valence-electron chi connectivity index (χ2n) is 3.98. The molecule has 18 heavy (non-hydrogen) atoms. The van der Waals surface area contributed by atoms with E-state index in [0.717, 1.165) is 5.56 Å². The number of carbonyl (C=O) groups excluding carboxylic acids is 1. The molecule has 4 nitrogen and oxygen atoms in total. The summed E-state index contributed by atoms with van der Waals surface area (Å²) in [6.07, 6.45) is 1.25. The summed E-state index contributed by atoms with van der Waals surface area (Å²) in [5, 5.41) is 11.6. The normalized spacial score (nSPS) is 11.8. The maximum absolute atomic E-state index is 11.5. The molecular weight excluding hydrogens is 250 g/mol. The number of hydrogen-bond donors (Lipinski definition) is 3.